The van der Waals surface area contributed by atoms with Gasteiger partial charge in [-0.3, -0.25) is 0 Å². The molecule has 102 valence electrons. The maximum absolute atomic E-state index is 5.38. The van der Waals surface area contributed by atoms with Crippen molar-refractivity contribution in [2.45, 2.75) is 20.4 Å². The Balaban J connectivity index is 2.01. The summed E-state index contributed by atoms with van der Waals surface area (Å²) in [5.74, 6) is 0.812. The van der Waals surface area contributed by atoms with Gasteiger partial charge in [-0.05, 0) is 31.0 Å². The zero-order valence-corrected chi connectivity index (χ0v) is 11.7. The van der Waals surface area contributed by atoms with Crippen LogP contribution < -0.4 is 5.32 Å². The van der Waals surface area contributed by atoms with E-state index < -0.39 is 0 Å². The second-order valence-electron chi connectivity index (χ2n) is 4.65. The first-order valence-electron chi connectivity index (χ1n) is 6.43. The van der Waals surface area contributed by atoms with E-state index in [1.165, 1.54) is 11.1 Å². The van der Waals surface area contributed by atoms with Crippen LogP contribution in [-0.4, -0.2) is 25.4 Å². The molecule has 2 rings (SSSR count). The summed E-state index contributed by atoms with van der Waals surface area (Å²) in [6, 6.07) is 8.26. The van der Waals surface area contributed by atoms with Crippen molar-refractivity contribution in [3.63, 3.8) is 0 Å². The van der Waals surface area contributed by atoms with Gasteiger partial charge in [-0.1, -0.05) is 17.3 Å². The maximum atomic E-state index is 5.38. The molecule has 2 aromatic rings. The molecule has 1 aromatic heterocycles. The predicted octanol–water partition coefficient (Wildman–Crippen LogP) is 2.69. The highest BCUT2D eigenvalue weighted by molar-refractivity contribution is 5.59. The van der Waals surface area contributed by atoms with Crippen LogP contribution in [0.25, 0.3) is 11.3 Å². The van der Waals surface area contributed by atoms with E-state index in [4.69, 9.17) is 9.26 Å². The Morgan fingerprint density at radius 2 is 2.05 bits per heavy atom. The highest BCUT2D eigenvalue weighted by Gasteiger charge is 2.07. The van der Waals surface area contributed by atoms with Gasteiger partial charge in [0, 0.05) is 31.8 Å². The summed E-state index contributed by atoms with van der Waals surface area (Å²) in [5, 5.41) is 7.30. The second-order valence-corrected chi connectivity index (χ2v) is 4.65. The van der Waals surface area contributed by atoms with Gasteiger partial charge in [0.2, 0.25) is 0 Å². The quantitative estimate of drug-likeness (QED) is 0.811. The molecule has 1 N–H and O–H groups in total. The first-order valence-corrected chi connectivity index (χ1v) is 6.43. The topological polar surface area (TPSA) is 47.3 Å². The lowest BCUT2D eigenvalue weighted by Gasteiger charge is -2.01. The number of nitrogens with one attached hydrogen (secondary N) is 1. The molecule has 19 heavy (non-hydrogen) atoms. The van der Waals surface area contributed by atoms with E-state index in [2.05, 4.69) is 42.5 Å². The number of nitrogens with zero attached hydrogens (tertiary/aromatic N) is 1. The van der Waals surface area contributed by atoms with Crippen molar-refractivity contribution in [1.82, 2.24) is 10.5 Å². The fourth-order valence-corrected chi connectivity index (χ4v) is 1.82. The fraction of sp³-hybridized carbons (Fsp3) is 0.400. The van der Waals surface area contributed by atoms with E-state index in [9.17, 15) is 0 Å². The molecule has 1 heterocycles. The highest BCUT2D eigenvalue weighted by atomic mass is 16.5. The van der Waals surface area contributed by atoms with E-state index in [-0.39, 0.29) is 0 Å². The third kappa shape index (κ3) is 3.66. The fourth-order valence-electron chi connectivity index (χ4n) is 1.82. The normalized spacial score (nSPS) is 10.9. The monoisotopic (exact) mass is 260 g/mol. The molecule has 1 aromatic carbocycles. The van der Waals surface area contributed by atoms with Crippen LogP contribution in [-0.2, 0) is 11.3 Å². The van der Waals surface area contributed by atoms with Crippen LogP contribution in [0.4, 0.5) is 0 Å². The lowest BCUT2D eigenvalue weighted by molar-refractivity contribution is 0.199. The summed E-state index contributed by atoms with van der Waals surface area (Å²) in [5.41, 5.74) is 4.52. The number of hydrogen-bond donors (Lipinski definition) is 1. The van der Waals surface area contributed by atoms with Crippen molar-refractivity contribution in [1.29, 1.82) is 0 Å². The summed E-state index contributed by atoms with van der Waals surface area (Å²) < 4.78 is 10.4. The molecule has 0 aliphatic carbocycles. The number of methoxy groups -OCH3 is 1. The molecular weight excluding hydrogens is 240 g/mol. The van der Waals surface area contributed by atoms with E-state index in [0.717, 1.165) is 23.6 Å². The van der Waals surface area contributed by atoms with Crippen molar-refractivity contribution >= 4 is 0 Å². The van der Waals surface area contributed by atoms with Crippen LogP contribution in [0.5, 0.6) is 0 Å². The lowest BCUT2D eigenvalue weighted by atomic mass is 10.0. The van der Waals surface area contributed by atoms with Gasteiger partial charge in [-0.25, -0.2) is 0 Å². The second kappa shape index (κ2) is 6.50. The van der Waals surface area contributed by atoms with Gasteiger partial charge in [-0.15, -0.1) is 0 Å². The van der Waals surface area contributed by atoms with Crippen molar-refractivity contribution < 1.29 is 9.26 Å². The zero-order valence-electron chi connectivity index (χ0n) is 11.7. The van der Waals surface area contributed by atoms with Crippen LogP contribution in [0.2, 0.25) is 0 Å². The zero-order chi connectivity index (χ0) is 13.7. The molecular formula is C15H20N2O2. The van der Waals surface area contributed by atoms with Gasteiger partial charge in [0.25, 0.3) is 0 Å². The number of rotatable bonds is 6. The largest absolute Gasteiger partial charge is 0.383 e. The Kier molecular flexibility index (Phi) is 4.71. The van der Waals surface area contributed by atoms with E-state index in [1.807, 2.05) is 6.07 Å². The molecule has 0 bridgehead atoms. The molecule has 0 aliphatic rings. The summed E-state index contributed by atoms with van der Waals surface area (Å²) in [4.78, 5) is 0. The van der Waals surface area contributed by atoms with E-state index in [0.29, 0.717) is 13.2 Å². The van der Waals surface area contributed by atoms with Crippen LogP contribution in [0.3, 0.4) is 0 Å². The maximum Gasteiger partial charge on any atom is 0.167 e. The van der Waals surface area contributed by atoms with Crippen molar-refractivity contribution in [2.75, 3.05) is 20.3 Å². The minimum atomic E-state index is 0.692. The van der Waals surface area contributed by atoms with Gasteiger partial charge >= 0.3 is 0 Å². The van der Waals surface area contributed by atoms with Gasteiger partial charge < -0.3 is 14.6 Å². The predicted molar refractivity (Wildman–Crippen MR) is 75.0 cm³/mol. The standard InChI is InChI=1S/C15H20N2O2/c1-11-4-5-13(8-12(11)2)15-9-14(17-19-15)10-16-6-7-18-3/h4-5,8-9,16H,6-7,10H2,1-3H3. The van der Waals surface area contributed by atoms with Crippen molar-refractivity contribution in [3.05, 3.63) is 41.1 Å². The lowest BCUT2D eigenvalue weighted by Crippen LogP contribution is -2.18. The molecule has 4 heteroatoms. The Morgan fingerprint density at radius 1 is 1.21 bits per heavy atom. The third-order valence-electron chi connectivity index (χ3n) is 3.14. The molecule has 0 spiro atoms. The Hall–Kier alpha value is -1.65. The molecule has 0 saturated carbocycles. The first kappa shape index (κ1) is 13.8. The number of ether oxygens (including phenoxy) is 1. The van der Waals surface area contributed by atoms with Gasteiger partial charge in [0.1, 0.15) is 0 Å². The SMILES string of the molecule is COCCNCc1cc(-c2ccc(C)c(C)c2)on1. The third-order valence-corrected chi connectivity index (χ3v) is 3.14. The highest BCUT2D eigenvalue weighted by Crippen LogP contribution is 2.22. The summed E-state index contributed by atoms with van der Waals surface area (Å²) in [7, 11) is 1.69. The molecule has 4 nitrogen and oxygen atoms in total. The summed E-state index contributed by atoms with van der Waals surface area (Å²) in [6.07, 6.45) is 0. The molecule has 0 atom stereocenters. The number of aryl methyl sites for hydroxylation is 2. The smallest absolute Gasteiger partial charge is 0.167 e. The van der Waals surface area contributed by atoms with Gasteiger partial charge in [0.05, 0.1) is 12.3 Å². The number of aromatic nitrogens is 1. The molecule has 0 aliphatic heterocycles. The van der Waals surface area contributed by atoms with Crippen molar-refractivity contribution in [2.24, 2.45) is 0 Å². The van der Waals surface area contributed by atoms with Crippen LogP contribution >= 0.6 is 0 Å². The minimum Gasteiger partial charge on any atom is -0.383 e. The average molecular weight is 260 g/mol. The van der Waals surface area contributed by atoms with Crippen molar-refractivity contribution in [3.8, 4) is 11.3 Å². The molecule has 0 radical (unpaired) electrons. The van der Waals surface area contributed by atoms with E-state index in [1.54, 1.807) is 7.11 Å². The van der Waals surface area contributed by atoms with Crippen LogP contribution in [0.15, 0.2) is 28.8 Å². The number of benzene rings is 1. The van der Waals surface area contributed by atoms with Gasteiger partial charge in [-0.2, -0.15) is 0 Å². The minimum absolute atomic E-state index is 0.692. The van der Waals surface area contributed by atoms with Crippen LogP contribution in [0, 0.1) is 13.8 Å². The Bertz CT molecular complexity index is 535. The average Bonchev–Trinajstić information content (AvgIpc) is 2.87. The Morgan fingerprint density at radius 3 is 2.79 bits per heavy atom. The Labute approximate surface area is 113 Å². The summed E-state index contributed by atoms with van der Waals surface area (Å²) in [6.45, 7) is 6.40. The molecule has 0 saturated heterocycles. The number of hydrogen-bond acceptors (Lipinski definition) is 4. The molecule has 0 fully saturated rings. The van der Waals surface area contributed by atoms with Gasteiger partial charge in [0.15, 0.2) is 5.76 Å². The molecule has 0 amide bonds. The van der Waals surface area contributed by atoms with E-state index >= 15 is 0 Å². The first-order chi connectivity index (χ1) is 9.20. The van der Waals surface area contributed by atoms with Crippen LogP contribution in [0.1, 0.15) is 16.8 Å². The summed E-state index contributed by atoms with van der Waals surface area (Å²) >= 11 is 0. The molecule has 0 unspecified atom stereocenters.